The fourth-order valence-electron chi connectivity index (χ4n) is 1.07. The van der Waals surface area contributed by atoms with Gasteiger partial charge in [0, 0.05) is 6.61 Å². The van der Waals surface area contributed by atoms with Crippen molar-refractivity contribution in [2.75, 3.05) is 6.61 Å². The van der Waals surface area contributed by atoms with Crippen LogP contribution in [0.3, 0.4) is 0 Å². The quantitative estimate of drug-likeness (QED) is 0.511. The van der Waals surface area contributed by atoms with Crippen LogP contribution < -0.4 is 0 Å². The molecule has 1 N–H and O–H groups in total. The van der Waals surface area contributed by atoms with Crippen LogP contribution in [-0.4, -0.2) is 20.1 Å². The van der Waals surface area contributed by atoms with Crippen molar-refractivity contribution in [3.05, 3.63) is 0 Å². The monoisotopic (exact) mass is 218 g/mol. The van der Waals surface area contributed by atoms with Gasteiger partial charge in [0.25, 0.3) is 0 Å². The molecule has 92 valence electrons. The van der Waals surface area contributed by atoms with E-state index in [2.05, 4.69) is 6.92 Å². The van der Waals surface area contributed by atoms with Crippen molar-refractivity contribution < 1.29 is 19.2 Å². The number of unbranched alkanes of at least 4 members (excludes halogenated alkanes) is 6. The summed E-state index contributed by atoms with van der Waals surface area (Å²) in [4.78, 5) is 0. The maximum atomic E-state index is 8.47. The molecule has 0 aliphatic rings. The number of hydrogen-bond acceptors (Lipinski definition) is 1. The van der Waals surface area contributed by atoms with E-state index >= 15 is 0 Å². The number of hydrogen-bond donors (Lipinski definition) is 1. The van der Waals surface area contributed by atoms with E-state index in [1.165, 1.54) is 38.5 Å². The second kappa shape index (κ2) is 29.3. The molecule has 14 heavy (non-hydrogen) atoms. The summed E-state index contributed by atoms with van der Waals surface area (Å²) in [5, 5.41) is 8.47. The summed E-state index contributed by atoms with van der Waals surface area (Å²) < 4.78 is 0. The zero-order chi connectivity index (χ0) is 7.66. The van der Waals surface area contributed by atoms with Gasteiger partial charge in [0.05, 0.1) is 8.41 Å². The van der Waals surface area contributed by atoms with E-state index < -0.39 is 0 Å². The molecule has 0 rings (SSSR count). The summed E-state index contributed by atoms with van der Waals surface area (Å²) in [5.74, 6) is 0. The van der Waals surface area contributed by atoms with Crippen LogP contribution in [0.5, 0.6) is 0 Å². The first-order valence-electron chi connectivity index (χ1n) is 4.52. The molecule has 0 heterocycles. The average Bonchev–Trinajstić information content (AvgIpc) is 1.97. The summed E-state index contributed by atoms with van der Waals surface area (Å²) in [7, 11) is 0. The molecule has 0 fully saturated rings. The van der Waals surface area contributed by atoms with Gasteiger partial charge in [-0.2, -0.15) is 0 Å². The third-order valence-electron chi connectivity index (χ3n) is 1.76. The Labute approximate surface area is 87.0 Å². The molecule has 0 aromatic rings. The van der Waals surface area contributed by atoms with E-state index in [9.17, 15) is 0 Å². The first-order valence-corrected chi connectivity index (χ1v) is 4.52. The highest BCUT2D eigenvalue weighted by atomic mass is 19.0. The van der Waals surface area contributed by atoms with Gasteiger partial charge in [-0.15, -0.1) is 0 Å². The minimum Gasteiger partial charge on any atom is -0.396 e. The van der Waals surface area contributed by atoms with Gasteiger partial charge in [0.2, 0.25) is 0 Å². The number of aliphatic hydroxyl groups excluding tert-OH is 1. The lowest BCUT2D eigenvalue weighted by Gasteiger charge is -1.97. The molecule has 0 atom stereocenters. The van der Waals surface area contributed by atoms with Gasteiger partial charge in [-0.1, -0.05) is 45.4 Å². The molecule has 0 aliphatic heterocycles. The van der Waals surface area contributed by atoms with Gasteiger partial charge in [-0.05, 0) is 6.42 Å². The number of rotatable bonds is 7. The molecule has 0 unspecified atom stereocenters. The minimum atomic E-state index is 0. The molecule has 0 saturated carbocycles. The Balaban J connectivity index is -0.0000000675. The largest absolute Gasteiger partial charge is 0.396 e. The van der Waals surface area contributed by atoms with Crippen molar-refractivity contribution >= 4 is 8.41 Å². The summed E-state index contributed by atoms with van der Waals surface area (Å²) in [5.41, 5.74) is 0. The highest BCUT2D eigenvalue weighted by molar-refractivity contribution is 5.75. The normalized spacial score (nSPS) is 7.29. The third kappa shape index (κ3) is 29.8. The smallest absolute Gasteiger partial charge is 0.0814 e. The van der Waals surface area contributed by atoms with Gasteiger partial charge in [-0.3, -0.25) is 14.1 Å². The summed E-state index contributed by atoms with van der Waals surface area (Å²) in [6, 6.07) is 0. The average molecular weight is 218 g/mol. The van der Waals surface area contributed by atoms with Crippen LogP contribution >= 0.6 is 0 Å². The molecule has 1 nitrogen and oxygen atoms in total. The van der Waals surface area contributed by atoms with Crippen molar-refractivity contribution in [3.8, 4) is 0 Å². The van der Waals surface area contributed by atoms with Crippen LogP contribution in [0, 0.1) is 0 Å². The van der Waals surface area contributed by atoms with Crippen LogP contribution in [0.1, 0.15) is 51.9 Å². The summed E-state index contributed by atoms with van der Waals surface area (Å²) in [6.45, 7) is 2.60. The van der Waals surface area contributed by atoms with E-state index in [4.69, 9.17) is 5.11 Å². The van der Waals surface area contributed by atoms with Gasteiger partial charge >= 0.3 is 0 Å². The van der Waals surface area contributed by atoms with Crippen molar-refractivity contribution in [1.82, 2.24) is 0 Å². The zero-order valence-electron chi connectivity index (χ0n) is 8.33. The van der Waals surface area contributed by atoms with E-state index in [0.717, 1.165) is 6.42 Å². The molecule has 0 radical (unpaired) electrons. The second-order valence-corrected chi connectivity index (χ2v) is 2.84. The van der Waals surface area contributed by atoms with Crippen molar-refractivity contribution in [1.29, 1.82) is 0 Å². The zero-order valence-corrected chi connectivity index (χ0v) is 8.33. The van der Waals surface area contributed by atoms with Crippen LogP contribution in [-0.2, 0) is 0 Å². The molecular formula is C9H26BF3O. The maximum absolute atomic E-state index is 8.47. The number of halogens is 3. The Morgan fingerprint density at radius 3 is 1.43 bits per heavy atom. The molecule has 0 bridgehead atoms. The van der Waals surface area contributed by atoms with Crippen LogP contribution in [0.4, 0.5) is 14.1 Å². The van der Waals surface area contributed by atoms with E-state index in [0.29, 0.717) is 6.61 Å². The maximum Gasteiger partial charge on any atom is 0.0814 e. The summed E-state index contributed by atoms with van der Waals surface area (Å²) >= 11 is 0. The lowest BCUT2D eigenvalue weighted by Crippen LogP contribution is -1.83. The molecular weight excluding hydrogens is 192 g/mol. The van der Waals surface area contributed by atoms with Crippen molar-refractivity contribution in [2.45, 2.75) is 51.9 Å². The highest BCUT2D eigenvalue weighted by Gasteiger charge is 1.88. The van der Waals surface area contributed by atoms with Crippen molar-refractivity contribution in [2.24, 2.45) is 0 Å². The van der Waals surface area contributed by atoms with Crippen LogP contribution in [0.2, 0.25) is 0 Å². The predicted octanol–water partition coefficient (Wildman–Crippen LogP) is 2.00. The molecule has 0 saturated heterocycles. The number of aliphatic hydroxyl groups is 1. The fraction of sp³-hybridized carbons (Fsp3) is 1.00. The standard InChI is InChI=1S/C9H20O.BH3.3FH/c1-2-3-4-5-6-7-8-9-10;;;;/h10H,2-9H2,1H3;1H3;3*1H. The first kappa shape index (κ1) is 29.2. The van der Waals surface area contributed by atoms with Gasteiger partial charge in [0.1, 0.15) is 0 Å². The lowest BCUT2D eigenvalue weighted by atomic mass is 10.1. The molecule has 0 aromatic heterocycles. The van der Waals surface area contributed by atoms with Gasteiger partial charge in [-0.25, -0.2) is 0 Å². The Kier molecular flexibility index (Phi) is 61.1. The first-order chi connectivity index (χ1) is 4.91. The van der Waals surface area contributed by atoms with E-state index in [1.807, 2.05) is 0 Å². The van der Waals surface area contributed by atoms with Gasteiger partial charge < -0.3 is 5.11 Å². The Hall–Kier alpha value is -0.185. The summed E-state index contributed by atoms with van der Waals surface area (Å²) in [6.07, 6.45) is 8.93. The Bertz CT molecular complexity index is 60.0. The SMILES string of the molecule is B.CCCCCCCCCO.F.F.F. The topological polar surface area (TPSA) is 20.2 Å². The highest BCUT2D eigenvalue weighted by Crippen LogP contribution is 2.05. The second-order valence-electron chi connectivity index (χ2n) is 2.84. The van der Waals surface area contributed by atoms with Gasteiger partial charge in [0.15, 0.2) is 0 Å². The van der Waals surface area contributed by atoms with E-state index in [-0.39, 0.29) is 22.5 Å². The Morgan fingerprint density at radius 2 is 1.07 bits per heavy atom. The Morgan fingerprint density at radius 1 is 0.714 bits per heavy atom. The molecule has 0 amide bonds. The minimum absolute atomic E-state index is 0. The van der Waals surface area contributed by atoms with Crippen LogP contribution in [0.25, 0.3) is 0 Å². The molecule has 5 heteroatoms. The lowest BCUT2D eigenvalue weighted by molar-refractivity contribution is 0.282. The van der Waals surface area contributed by atoms with Crippen LogP contribution in [0.15, 0.2) is 0 Å². The third-order valence-corrected chi connectivity index (χ3v) is 1.76. The van der Waals surface area contributed by atoms with E-state index in [1.54, 1.807) is 0 Å². The molecule has 0 aliphatic carbocycles. The fourth-order valence-corrected chi connectivity index (χ4v) is 1.07. The van der Waals surface area contributed by atoms with Crippen molar-refractivity contribution in [3.63, 3.8) is 0 Å². The predicted molar refractivity (Wildman–Crippen MR) is 62.5 cm³/mol. The molecule has 0 spiro atoms. The molecule has 0 aromatic carbocycles.